The topological polar surface area (TPSA) is 46.5 Å². The van der Waals surface area contributed by atoms with Gasteiger partial charge in [-0.3, -0.25) is 4.79 Å². The third-order valence-corrected chi connectivity index (χ3v) is 2.63. The third kappa shape index (κ3) is 4.33. The lowest BCUT2D eigenvalue weighted by Gasteiger charge is -2.05. The Kier molecular flexibility index (Phi) is 6.11. The molecule has 0 unspecified atom stereocenters. The van der Waals surface area contributed by atoms with E-state index in [0.29, 0.717) is 17.5 Å². The highest BCUT2D eigenvalue weighted by Gasteiger charge is 2.03. The molecule has 0 spiro atoms. The summed E-state index contributed by atoms with van der Waals surface area (Å²) >= 11 is 3.12. The third-order valence-electron chi connectivity index (χ3n) is 2.12. The molecule has 0 fully saturated rings. The van der Waals surface area contributed by atoms with Gasteiger partial charge in [-0.1, -0.05) is 15.9 Å². The number of alkyl halides is 1. The molecule has 0 radical (unpaired) electrons. The average Bonchev–Trinajstić information content (AvgIpc) is 2.34. The smallest absolute Gasteiger partial charge is 0.173 e. The predicted molar refractivity (Wildman–Crippen MR) is 66.4 cm³/mol. The summed E-state index contributed by atoms with van der Waals surface area (Å²) in [5, 5.41) is 8.93. The molecular weight excluding hydrogens is 272 g/mol. The van der Waals surface area contributed by atoms with Gasteiger partial charge in [0.15, 0.2) is 5.78 Å². The Balaban J connectivity index is 2.42. The minimum absolute atomic E-state index is 0.0619. The highest BCUT2D eigenvalue weighted by Crippen LogP contribution is 2.13. The van der Waals surface area contributed by atoms with Crippen LogP contribution in [0.1, 0.15) is 23.2 Å². The van der Waals surface area contributed by atoms with Gasteiger partial charge in [0.2, 0.25) is 0 Å². The van der Waals surface area contributed by atoms with E-state index in [-0.39, 0.29) is 12.4 Å². The van der Waals surface area contributed by atoms with Crippen LogP contribution < -0.4 is 4.74 Å². The number of carbonyl (C=O) groups excluding carboxylic acids is 1. The molecule has 1 aromatic carbocycles. The van der Waals surface area contributed by atoms with Crippen molar-refractivity contribution in [2.24, 2.45) is 0 Å². The SMILES string of the molecule is O=C(CBr)c1ccc(OCCCCO)cc1. The maximum absolute atomic E-state index is 11.3. The number of ketones is 1. The Bertz CT molecular complexity index is 322. The van der Waals surface area contributed by atoms with E-state index in [1.807, 2.05) is 0 Å². The lowest BCUT2D eigenvalue weighted by Crippen LogP contribution is -2.01. The van der Waals surface area contributed by atoms with Crippen molar-refractivity contribution in [1.29, 1.82) is 0 Å². The van der Waals surface area contributed by atoms with Crippen LogP contribution >= 0.6 is 15.9 Å². The van der Waals surface area contributed by atoms with Crippen LogP contribution in [-0.4, -0.2) is 29.4 Å². The van der Waals surface area contributed by atoms with Crippen LogP contribution in [0.15, 0.2) is 24.3 Å². The summed E-state index contributed by atoms with van der Waals surface area (Å²) in [4.78, 5) is 11.3. The number of aliphatic hydroxyl groups is 1. The summed E-state index contributed by atoms with van der Waals surface area (Å²) in [6, 6.07) is 7.08. The van der Waals surface area contributed by atoms with E-state index in [0.717, 1.165) is 18.6 Å². The zero-order valence-electron chi connectivity index (χ0n) is 8.99. The Morgan fingerprint density at radius 3 is 2.50 bits per heavy atom. The number of ether oxygens (including phenoxy) is 1. The normalized spacial score (nSPS) is 10.1. The van der Waals surface area contributed by atoms with E-state index in [1.165, 1.54) is 0 Å². The molecule has 0 aromatic heterocycles. The first-order valence-electron chi connectivity index (χ1n) is 5.21. The monoisotopic (exact) mass is 286 g/mol. The minimum atomic E-state index is 0.0619. The molecule has 16 heavy (non-hydrogen) atoms. The van der Waals surface area contributed by atoms with Crippen LogP contribution in [0.3, 0.4) is 0 Å². The summed E-state index contributed by atoms with van der Waals surface area (Å²) in [6.45, 7) is 0.786. The van der Waals surface area contributed by atoms with E-state index < -0.39 is 0 Å². The number of aliphatic hydroxyl groups excluding tert-OH is 1. The van der Waals surface area contributed by atoms with Crippen LogP contribution in [0.25, 0.3) is 0 Å². The quantitative estimate of drug-likeness (QED) is 0.476. The molecule has 0 saturated carbocycles. The summed E-state index contributed by atoms with van der Waals surface area (Å²) in [6.07, 6.45) is 1.58. The van der Waals surface area contributed by atoms with Crippen LogP contribution in [0.5, 0.6) is 5.75 Å². The van der Waals surface area contributed by atoms with Crippen molar-refractivity contribution in [3.8, 4) is 5.75 Å². The summed E-state index contributed by atoms with van der Waals surface area (Å²) < 4.78 is 5.44. The molecule has 0 bridgehead atoms. The molecular formula is C12H15BrO3. The van der Waals surface area contributed by atoms with Crippen molar-refractivity contribution in [2.45, 2.75) is 12.8 Å². The maximum atomic E-state index is 11.3. The number of hydrogen-bond acceptors (Lipinski definition) is 3. The molecule has 4 heteroatoms. The molecule has 1 rings (SSSR count). The first-order valence-corrected chi connectivity index (χ1v) is 6.33. The number of benzene rings is 1. The maximum Gasteiger partial charge on any atom is 0.173 e. The molecule has 3 nitrogen and oxygen atoms in total. The van der Waals surface area contributed by atoms with Crippen molar-refractivity contribution >= 4 is 21.7 Å². The number of halogens is 1. The van der Waals surface area contributed by atoms with E-state index >= 15 is 0 Å². The molecule has 0 aliphatic rings. The van der Waals surface area contributed by atoms with Gasteiger partial charge in [0.25, 0.3) is 0 Å². The Morgan fingerprint density at radius 1 is 1.25 bits per heavy atom. The summed E-state index contributed by atoms with van der Waals surface area (Å²) in [5.41, 5.74) is 0.680. The van der Waals surface area contributed by atoms with E-state index in [9.17, 15) is 4.79 Å². The van der Waals surface area contributed by atoms with Crippen molar-refractivity contribution < 1.29 is 14.6 Å². The Hall–Kier alpha value is -0.870. The highest BCUT2D eigenvalue weighted by molar-refractivity contribution is 9.09. The fourth-order valence-electron chi connectivity index (χ4n) is 1.22. The van der Waals surface area contributed by atoms with Crippen LogP contribution in [0.2, 0.25) is 0 Å². The van der Waals surface area contributed by atoms with Crippen LogP contribution in [-0.2, 0) is 0 Å². The zero-order chi connectivity index (χ0) is 11.8. The molecule has 0 aliphatic carbocycles. The van der Waals surface area contributed by atoms with Gasteiger partial charge in [-0.15, -0.1) is 0 Å². The number of carbonyl (C=O) groups is 1. The molecule has 0 atom stereocenters. The molecule has 88 valence electrons. The molecule has 0 saturated heterocycles. The number of Topliss-reactive ketones (excluding diaryl/α,β-unsaturated/α-hetero) is 1. The minimum Gasteiger partial charge on any atom is -0.494 e. The van der Waals surface area contributed by atoms with Gasteiger partial charge in [0.1, 0.15) is 5.75 Å². The number of unbranched alkanes of at least 4 members (excludes halogenated alkanes) is 1. The second-order valence-corrected chi connectivity index (χ2v) is 3.92. The second-order valence-electron chi connectivity index (χ2n) is 3.36. The summed E-state index contributed by atoms with van der Waals surface area (Å²) in [5.74, 6) is 0.816. The molecule has 0 heterocycles. The van der Waals surface area contributed by atoms with Crippen LogP contribution in [0.4, 0.5) is 0 Å². The van der Waals surface area contributed by atoms with Gasteiger partial charge in [0, 0.05) is 12.2 Å². The number of rotatable bonds is 7. The lowest BCUT2D eigenvalue weighted by atomic mass is 10.1. The van der Waals surface area contributed by atoms with Gasteiger partial charge in [-0.25, -0.2) is 0 Å². The van der Waals surface area contributed by atoms with Crippen molar-refractivity contribution in [1.82, 2.24) is 0 Å². The average molecular weight is 287 g/mol. The Morgan fingerprint density at radius 2 is 1.94 bits per heavy atom. The fourth-order valence-corrected chi connectivity index (χ4v) is 1.54. The highest BCUT2D eigenvalue weighted by atomic mass is 79.9. The van der Waals surface area contributed by atoms with Gasteiger partial charge in [-0.2, -0.15) is 0 Å². The predicted octanol–water partition coefficient (Wildman–Crippen LogP) is 2.42. The molecule has 0 amide bonds. The zero-order valence-corrected chi connectivity index (χ0v) is 10.6. The molecule has 1 aromatic rings. The first-order chi connectivity index (χ1) is 7.77. The van der Waals surface area contributed by atoms with Gasteiger partial charge in [0.05, 0.1) is 11.9 Å². The second kappa shape index (κ2) is 7.41. The largest absolute Gasteiger partial charge is 0.494 e. The molecule has 0 aliphatic heterocycles. The van der Waals surface area contributed by atoms with Crippen molar-refractivity contribution in [3.05, 3.63) is 29.8 Å². The summed E-state index contributed by atoms with van der Waals surface area (Å²) in [7, 11) is 0. The van der Waals surface area contributed by atoms with Crippen molar-refractivity contribution in [3.63, 3.8) is 0 Å². The van der Waals surface area contributed by atoms with Crippen LogP contribution in [0, 0.1) is 0 Å². The van der Waals surface area contributed by atoms with Gasteiger partial charge in [-0.05, 0) is 37.1 Å². The lowest BCUT2D eigenvalue weighted by molar-refractivity contribution is 0.102. The number of hydrogen-bond donors (Lipinski definition) is 1. The van der Waals surface area contributed by atoms with Crippen molar-refractivity contribution in [2.75, 3.05) is 18.5 Å². The van der Waals surface area contributed by atoms with E-state index in [4.69, 9.17) is 9.84 Å². The fraction of sp³-hybridized carbons (Fsp3) is 0.417. The van der Waals surface area contributed by atoms with Gasteiger partial charge >= 0.3 is 0 Å². The van der Waals surface area contributed by atoms with E-state index in [2.05, 4.69) is 15.9 Å². The van der Waals surface area contributed by atoms with E-state index in [1.54, 1.807) is 24.3 Å². The Labute approximate surface area is 104 Å². The van der Waals surface area contributed by atoms with Gasteiger partial charge < -0.3 is 9.84 Å². The first kappa shape index (κ1) is 13.2. The molecule has 1 N–H and O–H groups in total. The standard InChI is InChI=1S/C12H15BrO3/c13-9-12(15)10-3-5-11(6-4-10)16-8-2-1-7-14/h3-6,14H,1-2,7-9H2.